The maximum absolute atomic E-state index is 12.7. The third kappa shape index (κ3) is 10.1. The quantitative estimate of drug-likeness (QED) is 0.141. The van der Waals surface area contributed by atoms with Crippen molar-refractivity contribution in [3.8, 4) is 35.1 Å². The Morgan fingerprint density at radius 3 is 1.28 bits per heavy atom. The molecule has 0 unspecified atom stereocenters. The van der Waals surface area contributed by atoms with Gasteiger partial charge in [-0.25, -0.2) is 0 Å². The van der Waals surface area contributed by atoms with Crippen LogP contribution in [0.25, 0.3) is 12.2 Å². The van der Waals surface area contributed by atoms with Crippen LogP contribution in [-0.2, 0) is 21.8 Å². The Bertz CT molecular complexity index is 1650. The van der Waals surface area contributed by atoms with Gasteiger partial charge in [-0.1, -0.05) is 24.3 Å². The van der Waals surface area contributed by atoms with Crippen LogP contribution in [0.1, 0.15) is 33.4 Å². The smallest absolute Gasteiger partial charge is 0.416 e. The topological polar surface area (TPSA) is 84.5 Å². The number of rotatable bonds is 8. The van der Waals surface area contributed by atoms with Gasteiger partial charge >= 0.3 is 12.4 Å². The van der Waals surface area contributed by atoms with E-state index in [-0.39, 0.29) is 34.1 Å². The lowest BCUT2D eigenvalue weighted by Crippen LogP contribution is -2.04. The minimum Gasteiger partial charge on any atom is -0.504 e. The van der Waals surface area contributed by atoms with Gasteiger partial charge in [-0.3, -0.25) is 0 Å². The monoisotopic (exact) mass is 638 g/mol. The number of halogens is 6. The maximum Gasteiger partial charge on any atom is 0.416 e. The molecule has 12 heteroatoms. The summed E-state index contributed by atoms with van der Waals surface area (Å²) in [5, 5.41) is 18.3. The van der Waals surface area contributed by atoms with Crippen molar-refractivity contribution in [2.45, 2.75) is 12.4 Å². The number of benzene rings is 4. The lowest BCUT2D eigenvalue weighted by atomic mass is 10.1. The van der Waals surface area contributed by atoms with Crippen molar-refractivity contribution in [2.24, 2.45) is 0 Å². The van der Waals surface area contributed by atoms with Crippen LogP contribution < -0.4 is 9.47 Å². The van der Waals surface area contributed by atoms with Gasteiger partial charge in [0.1, 0.15) is 35.1 Å². The Kier molecular flexibility index (Phi) is 11.8. The van der Waals surface area contributed by atoms with Crippen LogP contribution in [0.5, 0.6) is 23.0 Å². The highest BCUT2D eigenvalue weighted by molar-refractivity contribution is 5.58. The molecular weight excluding hydrogens is 614 g/mol. The van der Waals surface area contributed by atoms with Crippen molar-refractivity contribution in [3.63, 3.8) is 0 Å². The molecule has 0 N–H and O–H groups in total. The molecule has 236 valence electrons. The zero-order valence-corrected chi connectivity index (χ0v) is 24.2. The first-order valence-electron chi connectivity index (χ1n) is 13.0. The summed E-state index contributed by atoms with van der Waals surface area (Å²) < 4.78 is 96.6. The summed E-state index contributed by atoms with van der Waals surface area (Å²) in [7, 11) is 2.99. The van der Waals surface area contributed by atoms with E-state index >= 15 is 0 Å². The molecule has 0 aliphatic heterocycles. The Morgan fingerprint density at radius 2 is 0.957 bits per heavy atom. The van der Waals surface area contributed by atoms with Gasteiger partial charge < -0.3 is 18.9 Å². The fraction of sp³-hybridized carbons (Fsp3) is 0.118. The number of methoxy groups -OCH3 is 2. The lowest BCUT2D eigenvalue weighted by Gasteiger charge is -2.11. The second-order valence-corrected chi connectivity index (χ2v) is 9.07. The molecule has 4 aromatic carbocycles. The van der Waals surface area contributed by atoms with Gasteiger partial charge in [0.15, 0.2) is 0 Å². The summed E-state index contributed by atoms with van der Waals surface area (Å²) in [6.07, 6.45) is -2.71. The second kappa shape index (κ2) is 15.7. The second-order valence-electron chi connectivity index (χ2n) is 9.07. The molecule has 0 saturated heterocycles. The van der Waals surface area contributed by atoms with E-state index in [4.69, 9.17) is 29.5 Å². The number of nitriles is 2. The van der Waals surface area contributed by atoms with Crippen LogP contribution in [0.15, 0.2) is 97.5 Å². The summed E-state index contributed by atoms with van der Waals surface area (Å²) in [6, 6.07) is 22.4. The molecule has 0 heterocycles. The molecule has 0 amide bonds. The highest BCUT2D eigenvalue weighted by Crippen LogP contribution is 2.35. The molecule has 46 heavy (non-hydrogen) atoms. The van der Waals surface area contributed by atoms with Crippen LogP contribution in [0.4, 0.5) is 26.3 Å². The number of alkyl halides is 6. The van der Waals surface area contributed by atoms with Crippen molar-refractivity contribution in [3.05, 3.63) is 131 Å². The molecular formula is C34H24F6N2O4. The SMILES string of the molecule is CO/C=C/c1ccc(Oc2cccc(C(F)(F)F)c2)c(C#N)c1.CO/C=C\c1ccc(Oc2cccc(C(F)(F)F)c2)c(C#N)c1. The lowest BCUT2D eigenvalue weighted by molar-refractivity contribution is -0.138. The average molecular weight is 639 g/mol. The zero-order valence-electron chi connectivity index (χ0n) is 24.2. The highest BCUT2D eigenvalue weighted by Gasteiger charge is 2.31. The Morgan fingerprint density at radius 1 is 0.565 bits per heavy atom. The fourth-order valence-corrected chi connectivity index (χ4v) is 3.67. The van der Waals surface area contributed by atoms with Gasteiger partial charge in [0.05, 0.1) is 49.0 Å². The summed E-state index contributed by atoms with van der Waals surface area (Å²) >= 11 is 0. The van der Waals surface area contributed by atoms with E-state index in [0.717, 1.165) is 24.3 Å². The number of hydrogen-bond donors (Lipinski definition) is 0. The van der Waals surface area contributed by atoms with Crippen LogP contribution in [0, 0.1) is 22.7 Å². The van der Waals surface area contributed by atoms with Crippen molar-refractivity contribution in [1.82, 2.24) is 0 Å². The molecule has 0 saturated carbocycles. The molecule has 0 aromatic heterocycles. The van der Waals surface area contributed by atoms with Gasteiger partial charge in [-0.15, -0.1) is 0 Å². The first-order valence-corrected chi connectivity index (χ1v) is 13.0. The van der Waals surface area contributed by atoms with E-state index in [0.29, 0.717) is 11.1 Å². The van der Waals surface area contributed by atoms with Crippen molar-refractivity contribution >= 4 is 12.2 Å². The Balaban J connectivity index is 0.000000250. The molecule has 0 fully saturated rings. The Labute approximate surface area is 260 Å². The molecule has 0 radical (unpaired) electrons. The molecule has 0 spiro atoms. The third-order valence-corrected chi connectivity index (χ3v) is 5.82. The summed E-state index contributed by atoms with van der Waals surface area (Å²) in [4.78, 5) is 0. The van der Waals surface area contributed by atoms with Gasteiger partial charge in [0, 0.05) is 0 Å². The predicted molar refractivity (Wildman–Crippen MR) is 157 cm³/mol. The molecule has 0 aliphatic rings. The molecule has 4 aromatic rings. The standard InChI is InChI=1S/2C17H12F3NO2/c2*1-22-8-7-12-5-6-16(13(9-12)11-21)23-15-4-2-3-14(10-15)17(18,19)20/h2*2-10H,1H3/b8-7+;8-7-. The highest BCUT2D eigenvalue weighted by atomic mass is 19.4. The van der Waals surface area contributed by atoms with E-state index in [2.05, 4.69) is 0 Å². The summed E-state index contributed by atoms with van der Waals surface area (Å²) in [6.45, 7) is 0. The molecule has 6 nitrogen and oxygen atoms in total. The molecule has 0 atom stereocenters. The van der Waals surface area contributed by atoms with Gasteiger partial charge in [0.25, 0.3) is 0 Å². The fourth-order valence-electron chi connectivity index (χ4n) is 3.67. The molecule has 4 rings (SSSR count). The summed E-state index contributed by atoms with van der Waals surface area (Å²) in [5.74, 6) is 0.385. The molecule has 0 aliphatic carbocycles. The third-order valence-electron chi connectivity index (χ3n) is 5.82. The van der Waals surface area contributed by atoms with Crippen molar-refractivity contribution < 1.29 is 45.3 Å². The van der Waals surface area contributed by atoms with Crippen LogP contribution in [-0.4, -0.2) is 14.2 Å². The normalized spacial score (nSPS) is 11.3. The average Bonchev–Trinajstić information content (AvgIpc) is 3.03. The van der Waals surface area contributed by atoms with Gasteiger partial charge in [-0.05, 0) is 83.9 Å². The van der Waals surface area contributed by atoms with E-state index in [1.165, 1.54) is 63.1 Å². The van der Waals surface area contributed by atoms with Crippen LogP contribution in [0.2, 0.25) is 0 Å². The minimum atomic E-state index is -4.45. The van der Waals surface area contributed by atoms with E-state index in [9.17, 15) is 26.3 Å². The number of hydrogen-bond acceptors (Lipinski definition) is 6. The van der Waals surface area contributed by atoms with E-state index in [1.54, 1.807) is 36.4 Å². The summed E-state index contributed by atoms with van der Waals surface area (Å²) in [5.41, 5.74) is 0.210. The maximum atomic E-state index is 12.7. The van der Waals surface area contributed by atoms with Crippen molar-refractivity contribution in [2.75, 3.05) is 14.2 Å². The van der Waals surface area contributed by atoms with Gasteiger partial charge in [-0.2, -0.15) is 36.9 Å². The first-order chi connectivity index (χ1) is 21.9. The molecule has 0 bridgehead atoms. The number of ether oxygens (including phenoxy) is 4. The Hall–Kier alpha value is -5.88. The van der Waals surface area contributed by atoms with Crippen LogP contribution >= 0.6 is 0 Å². The van der Waals surface area contributed by atoms with E-state index in [1.807, 2.05) is 12.1 Å². The van der Waals surface area contributed by atoms with Crippen LogP contribution in [0.3, 0.4) is 0 Å². The predicted octanol–water partition coefficient (Wildman–Crippen LogP) is 9.97. The van der Waals surface area contributed by atoms with Crippen molar-refractivity contribution in [1.29, 1.82) is 10.5 Å². The first kappa shape index (κ1) is 34.6. The largest absolute Gasteiger partial charge is 0.504 e. The minimum absolute atomic E-state index is 0.0107. The van der Waals surface area contributed by atoms with E-state index < -0.39 is 23.5 Å². The van der Waals surface area contributed by atoms with Gasteiger partial charge in [0.2, 0.25) is 0 Å². The number of nitrogens with zero attached hydrogens (tertiary/aromatic N) is 2. The zero-order chi connectivity index (χ0) is 33.7.